The molecule has 0 bridgehead atoms. The number of morpholine rings is 1. The van der Waals surface area contributed by atoms with Crippen molar-refractivity contribution in [2.75, 3.05) is 69.3 Å². The lowest BCUT2D eigenvalue weighted by atomic mass is 10.0. The fraction of sp³-hybridized carbons (Fsp3) is 0.258. The van der Waals surface area contributed by atoms with E-state index < -0.39 is 7.14 Å². The number of aliphatic imine (C=N–C) groups is 1. The number of nitrogens with two attached hydrogens (primary N) is 1. The highest BCUT2D eigenvalue weighted by Gasteiger charge is 2.24. The van der Waals surface area contributed by atoms with Crippen LogP contribution in [0.25, 0.3) is 27.6 Å². The van der Waals surface area contributed by atoms with Gasteiger partial charge < -0.3 is 40.3 Å². The summed E-state index contributed by atoms with van der Waals surface area (Å²) in [6.45, 7) is 6.16. The van der Waals surface area contributed by atoms with Crippen LogP contribution in [0, 0.1) is 0 Å². The maximum Gasteiger partial charge on any atom is 0.231 e. The number of nitrogens with one attached hydrogen (secondary N) is 3. The van der Waals surface area contributed by atoms with E-state index in [9.17, 15) is 4.57 Å². The zero-order valence-electron chi connectivity index (χ0n) is 25.5. The summed E-state index contributed by atoms with van der Waals surface area (Å²) in [6.07, 6.45) is 8.29. The van der Waals surface area contributed by atoms with E-state index in [4.69, 9.17) is 25.2 Å². The fourth-order valence-corrected chi connectivity index (χ4v) is 6.88. The van der Waals surface area contributed by atoms with E-state index in [1.54, 1.807) is 52.3 Å². The number of aromatic nitrogens is 5. The number of anilines is 5. The van der Waals surface area contributed by atoms with Crippen LogP contribution < -0.4 is 31.3 Å². The molecule has 14 heteroatoms. The Hall–Kier alpha value is -5.00. The molecule has 0 unspecified atom stereocenters. The predicted octanol–water partition coefficient (Wildman–Crippen LogP) is 4.48. The lowest BCUT2D eigenvalue weighted by molar-refractivity contribution is 0.122. The molecule has 45 heavy (non-hydrogen) atoms. The van der Waals surface area contributed by atoms with Gasteiger partial charge >= 0.3 is 0 Å². The first-order valence-electron chi connectivity index (χ1n) is 14.4. The van der Waals surface area contributed by atoms with E-state index in [0.717, 1.165) is 35.3 Å². The Kier molecular flexibility index (Phi) is 8.38. The van der Waals surface area contributed by atoms with Crippen LogP contribution in [0.2, 0.25) is 0 Å². The summed E-state index contributed by atoms with van der Waals surface area (Å²) in [7, 11) is 0.540. The standard InChI is InChI=1S/C31H35N10O3P/c1-33-18-19(17-32)21-15-24(26(43-2)16-25(21)41-11-13-44-14-12-41)38-31-39-29-20(7-8-36-29)30(40-31)37-23-6-5-22-27(35-10-9-34-22)28(23)45(3,4)42/h5-10,15-18H,11-14,32H2,1-4H3,(H3,36,37,38,39,40). The number of rotatable bonds is 9. The van der Waals surface area contributed by atoms with Gasteiger partial charge in [-0.3, -0.25) is 15.0 Å². The number of aromatic amines is 1. The number of benzene rings is 2. The second kappa shape index (κ2) is 12.5. The maximum atomic E-state index is 13.5. The number of fused-ring (bicyclic) bond motifs is 2. The minimum atomic E-state index is -2.79. The van der Waals surface area contributed by atoms with Crippen molar-refractivity contribution in [2.24, 2.45) is 10.7 Å². The molecule has 0 atom stereocenters. The number of hydrogen-bond acceptors (Lipinski definition) is 12. The van der Waals surface area contributed by atoms with Crippen molar-refractivity contribution in [1.29, 1.82) is 0 Å². The molecule has 6 rings (SSSR count). The molecule has 0 saturated carbocycles. The van der Waals surface area contributed by atoms with Gasteiger partial charge in [0.05, 0.1) is 47.9 Å². The number of methoxy groups -OCH3 is 1. The lowest BCUT2D eigenvalue weighted by Crippen LogP contribution is -2.36. The Bertz CT molecular complexity index is 1980. The second-order valence-corrected chi connectivity index (χ2v) is 13.9. The van der Waals surface area contributed by atoms with Crippen molar-refractivity contribution < 1.29 is 14.0 Å². The van der Waals surface area contributed by atoms with Crippen LogP contribution in [-0.4, -0.2) is 84.9 Å². The summed E-state index contributed by atoms with van der Waals surface area (Å²) in [5, 5.41) is 8.14. The van der Waals surface area contributed by atoms with Crippen molar-refractivity contribution in [3.05, 3.63) is 60.7 Å². The zero-order chi connectivity index (χ0) is 31.6. The van der Waals surface area contributed by atoms with Crippen molar-refractivity contribution in [2.45, 2.75) is 0 Å². The molecule has 0 radical (unpaired) electrons. The minimum Gasteiger partial charge on any atom is -0.494 e. The average Bonchev–Trinajstić information content (AvgIpc) is 3.52. The normalized spacial score (nSPS) is 14.4. The molecule has 0 amide bonds. The van der Waals surface area contributed by atoms with Gasteiger partial charge in [0.2, 0.25) is 5.95 Å². The fourth-order valence-electron chi connectivity index (χ4n) is 5.48. The van der Waals surface area contributed by atoms with Crippen molar-refractivity contribution >= 4 is 75.1 Å². The molecule has 0 spiro atoms. The first-order valence-corrected chi connectivity index (χ1v) is 17.0. The highest BCUT2D eigenvalue weighted by molar-refractivity contribution is 7.71. The van der Waals surface area contributed by atoms with Crippen LogP contribution in [0.3, 0.4) is 0 Å². The van der Waals surface area contributed by atoms with Crippen LogP contribution in [0.5, 0.6) is 5.75 Å². The molecule has 13 nitrogen and oxygen atoms in total. The molecule has 1 saturated heterocycles. The molecule has 2 aromatic carbocycles. The molecule has 1 aliphatic rings. The number of allylic oxidation sites excluding steroid dienone is 1. The monoisotopic (exact) mass is 626 g/mol. The summed E-state index contributed by atoms with van der Waals surface area (Å²) in [5.74, 6) is 1.44. The van der Waals surface area contributed by atoms with E-state index in [1.807, 2.05) is 30.3 Å². The van der Waals surface area contributed by atoms with Crippen LogP contribution >= 0.6 is 7.14 Å². The van der Waals surface area contributed by atoms with Crippen molar-refractivity contribution in [3.63, 3.8) is 0 Å². The Morgan fingerprint density at radius 2 is 1.91 bits per heavy atom. The Balaban J connectivity index is 1.44. The van der Waals surface area contributed by atoms with Gasteiger partial charge in [0, 0.05) is 74.0 Å². The number of ether oxygens (including phenoxy) is 2. The number of nitrogens with zero attached hydrogens (tertiary/aromatic N) is 6. The van der Waals surface area contributed by atoms with Crippen molar-refractivity contribution in [1.82, 2.24) is 24.9 Å². The Morgan fingerprint density at radius 1 is 1.11 bits per heavy atom. The summed E-state index contributed by atoms with van der Waals surface area (Å²) < 4.78 is 25.0. The Labute approximate surface area is 260 Å². The van der Waals surface area contributed by atoms with Gasteiger partial charge in [-0.15, -0.1) is 0 Å². The van der Waals surface area contributed by atoms with Crippen molar-refractivity contribution in [3.8, 4) is 5.75 Å². The van der Waals surface area contributed by atoms with Gasteiger partial charge in [-0.1, -0.05) is 0 Å². The van der Waals surface area contributed by atoms with E-state index >= 15 is 0 Å². The molecule has 5 aromatic rings. The molecular weight excluding hydrogens is 591 g/mol. The van der Waals surface area contributed by atoms with Gasteiger partial charge in [-0.05, 0) is 37.6 Å². The molecule has 5 N–H and O–H groups in total. The van der Waals surface area contributed by atoms with Crippen LogP contribution in [0.4, 0.5) is 28.8 Å². The van der Waals surface area contributed by atoms with E-state index in [0.29, 0.717) is 64.1 Å². The van der Waals surface area contributed by atoms with Crippen LogP contribution in [0.15, 0.2) is 60.1 Å². The topological polar surface area (TPSA) is 169 Å². The summed E-state index contributed by atoms with van der Waals surface area (Å²) in [4.78, 5) is 28.1. The van der Waals surface area contributed by atoms with E-state index in [2.05, 4.69) is 35.5 Å². The van der Waals surface area contributed by atoms with Gasteiger partial charge in [0.25, 0.3) is 0 Å². The van der Waals surface area contributed by atoms with Gasteiger partial charge in [-0.25, -0.2) is 0 Å². The molecule has 232 valence electrons. The third-order valence-electron chi connectivity index (χ3n) is 7.50. The molecule has 1 fully saturated rings. The molecule has 3 aromatic heterocycles. The summed E-state index contributed by atoms with van der Waals surface area (Å²) in [6, 6.07) is 9.53. The highest BCUT2D eigenvalue weighted by Crippen LogP contribution is 2.42. The zero-order valence-corrected chi connectivity index (χ0v) is 26.4. The minimum absolute atomic E-state index is 0.316. The van der Waals surface area contributed by atoms with E-state index in [1.165, 1.54) is 6.20 Å². The maximum absolute atomic E-state index is 13.5. The molecule has 0 aliphatic carbocycles. The summed E-state index contributed by atoms with van der Waals surface area (Å²) >= 11 is 0. The SMILES string of the molecule is CN=CC(=CN)c1cc(Nc2nc(Nc3ccc4nccnc4c3P(C)(C)=O)c3cc[nH]c3n2)c(OC)cc1N1CCOCC1. The highest BCUT2D eigenvalue weighted by atomic mass is 31.2. The number of hydrogen-bond donors (Lipinski definition) is 4. The Morgan fingerprint density at radius 3 is 2.64 bits per heavy atom. The predicted molar refractivity (Wildman–Crippen MR) is 182 cm³/mol. The lowest BCUT2D eigenvalue weighted by Gasteiger charge is -2.31. The molecule has 1 aliphatic heterocycles. The largest absolute Gasteiger partial charge is 0.494 e. The first kappa shape index (κ1) is 30.0. The van der Waals surface area contributed by atoms with E-state index in [-0.39, 0.29) is 0 Å². The average molecular weight is 627 g/mol. The first-order chi connectivity index (χ1) is 21.8. The third kappa shape index (κ3) is 6.04. The van der Waals surface area contributed by atoms with Gasteiger partial charge in [0.1, 0.15) is 29.9 Å². The van der Waals surface area contributed by atoms with Crippen LogP contribution in [-0.2, 0) is 9.30 Å². The summed E-state index contributed by atoms with van der Waals surface area (Å²) in [5.41, 5.74) is 11.8. The third-order valence-corrected chi connectivity index (χ3v) is 9.03. The van der Waals surface area contributed by atoms with Crippen LogP contribution in [0.1, 0.15) is 5.56 Å². The number of H-pyrrole nitrogens is 1. The van der Waals surface area contributed by atoms with Gasteiger partial charge in [-0.2, -0.15) is 9.97 Å². The molecule has 4 heterocycles. The quantitative estimate of drug-likeness (QED) is 0.134. The smallest absolute Gasteiger partial charge is 0.231 e. The molecular formula is C31H35N10O3P. The van der Waals surface area contributed by atoms with Gasteiger partial charge in [0.15, 0.2) is 0 Å². The second-order valence-electron chi connectivity index (χ2n) is 10.8.